The van der Waals surface area contributed by atoms with E-state index in [1.54, 1.807) is 16.7 Å². The van der Waals surface area contributed by atoms with E-state index in [1.165, 1.54) is 11.3 Å². The first kappa shape index (κ1) is 17.5. The van der Waals surface area contributed by atoms with Crippen LogP contribution in [-0.2, 0) is 4.74 Å². The van der Waals surface area contributed by atoms with Crippen LogP contribution in [0.4, 0.5) is 11.4 Å². The summed E-state index contributed by atoms with van der Waals surface area (Å²) < 4.78 is 5.41. The standard InChI is InChI=1S/C18H16ClN3O2S2/c19-12-3-1-4-13(16(12)22-6-8-24-9-7-22)20-17(23)14-11-26-18(21-14)15-5-2-10-25-15/h1-5,10-11H,6-9H2,(H,20,23). The molecule has 26 heavy (non-hydrogen) atoms. The molecule has 1 saturated heterocycles. The van der Waals surface area contributed by atoms with Crippen LogP contribution in [-0.4, -0.2) is 37.2 Å². The van der Waals surface area contributed by atoms with Crippen LogP contribution in [0.3, 0.4) is 0 Å². The minimum Gasteiger partial charge on any atom is -0.378 e. The number of nitrogens with one attached hydrogen (secondary N) is 1. The Morgan fingerprint density at radius 2 is 2.04 bits per heavy atom. The smallest absolute Gasteiger partial charge is 0.275 e. The summed E-state index contributed by atoms with van der Waals surface area (Å²) in [6, 6.07) is 9.50. The molecule has 0 bridgehead atoms. The number of carbonyl (C=O) groups excluding carboxylic acids is 1. The highest BCUT2D eigenvalue weighted by molar-refractivity contribution is 7.20. The molecule has 0 unspecified atom stereocenters. The largest absolute Gasteiger partial charge is 0.378 e. The highest BCUT2D eigenvalue weighted by Crippen LogP contribution is 2.35. The monoisotopic (exact) mass is 405 g/mol. The second-order valence-electron chi connectivity index (χ2n) is 5.70. The van der Waals surface area contributed by atoms with E-state index in [9.17, 15) is 4.79 Å². The molecule has 0 radical (unpaired) electrons. The van der Waals surface area contributed by atoms with Crippen molar-refractivity contribution in [2.24, 2.45) is 0 Å². The van der Waals surface area contributed by atoms with E-state index in [-0.39, 0.29) is 5.91 Å². The first-order valence-corrected chi connectivity index (χ1v) is 10.3. The Hall–Kier alpha value is -1.93. The zero-order valence-corrected chi connectivity index (χ0v) is 16.2. The highest BCUT2D eigenvalue weighted by Gasteiger charge is 2.20. The van der Waals surface area contributed by atoms with E-state index in [0.29, 0.717) is 29.6 Å². The van der Waals surface area contributed by atoms with Crippen molar-refractivity contribution in [2.75, 3.05) is 36.5 Å². The molecule has 0 atom stereocenters. The number of morpholine rings is 1. The van der Waals surface area contributed by atoms with E-state index >= 15 is 0 Å². The lowest BCUT2D eigenvalue weighted by molar-refractivity contribution is 0.102. The lowest BCUT2D eigenvalue weighted by Crippen LogP contribution is -2.37. The topological polar surface area (TPSA) is 54.5 Å². The molecule has 1 N–H and O–H groups in total. The number of anilines is 2. The van der Waals surface area contributed by atoms with Gasteiger partial charge in [0.25, 0.3) is 5.91 Å². The third-order valence-corrected chi connectivity index (χ3v) is 6.22. The van der Waals surface area contributed by atoms with Gasteiger partial charge in [-0.15, -0.1) is 22.7 Å². The summed E-state index contributed by atoms with van der Waals surface area (Å²) in [4.78, 5) is 20.4. The third kappa shape index (κ3) is 3.61. The van der Waals surface area contributed by atoms with Crippen LogP contribution in [0.1, 0.15) is 10.5 Å². The van der Waals surface area contributed by atoms with Gasteiger partial charge < -0.3 is 15.0 Å². The molecule has 1 aromatic carbocycles. The number of nitrogens with zero attached hydrogens (tertiary/aromatic N) is 2. The molecule has 0 saturated carbocycles. The van der Waals surface area contributed by atoms with E-state index in [2.05, 4.69) is 15.2 Å². The van der Waals surface area contributed by atoms with Gasteiger partial charge in [0.05, 0.1) is 34.5 Å². The molecule has 1 aliphatic rings. The van der Waals surface area contributed by atoms with E-state index in [0.717, 1.165) is 28.7 Å². The predicted molar refractivity (Wildman–Crippen MR) is 108 cm³/mol. The zero-order chi connectivity index (χ0) is 17.9. The molecule has 1 amide bonds. The average molecular weight is 406 g/mol. The molecular weight excluding hydrogens is 390 g/mol. The molecule has 8 heteroatoms. The fourth-order valence-corrected chi connectivity index (χ4v) is 4.71. The number of aromatic nitrogens is 1. The molecule has 134 valence electrons. The Balaban J connectivity index is 1.57. The molecule has 3 aromatic rings. The summed E-state index contributed by atoms with van der Waals surface area (Å²) in [5.41, 5.74) is 1.93. The van der Waals surface area contributed by atoms with Crippen molar-refractivity contribution >= 4 is 51.6 Å². The van der Waals surface area contributed by atoms with Crippen molar-refractivity contribution in [1.82, 2.24) is 4.98 Å². The third-order valence-electron chi connectivity index (χ3n) is 4.03. The fraction of sp³-hybridized carbons (Fsp3) is 0.222. The number of halogens is 1. The number of carbonyl (C=O) groups is 1. The number of amides is 1. The van der Waals surface area contributed by atoms with Crippen LogP contribution < -0.4 is 10.2 Å². The van der Waals surface area contributed by atoms with Crippen LogP contribution in [0.2, 0.25) is 5.02 Å². The summed E-state index contributed by atoms with van der Waals surface area (Å²) in [6.07, 6.45) is 0. The molecule has 0 spiro atoms. The molecule has 1 fully saturated rings. The first-order valence-electron chi connectivity index (χ1n) is 8.14. The first-order chi connectivity index (χ1) is 12.7. The summed E-state index contributed by atoms with van der Waals surface area (Å²) in [5, 5.41) is 8.21. The van der Waals surface area contributed by atoms with Gasteiger partial charge in [0, 0.05) is 18.5 Å². The molecule has 2 aromatic heterocycles. The normalized spacial score (nSPS) is 14.4. The van der Waals surface area contributed by atoms with Gasteiger partial charge >= 0.3 is 0 Å². The molecule has 1 aliphatic heterocycles. The number of rotatable bonds is 4. The maximum Gasteiger partial charge on any atom is 0.275 e. The fourth-order valence-electron chi connectivity index (χ4n) is 2.80. The Morgan fingerprint density at radius 3 is 2.81 bits per heavy atom. The maximum absolute atomic E-state index is 12.7. The van der Waals surface area contributed by atoms with E-state index in [4.69, 9.17) is 16.3 Å². The second kappa shape index (κ2) is 7.75. The Labute approximate surface area is 164 Å². The number of benzene rings is 1. The lowest BCUT2D eigenvalue weighted by Gasteiger charge is -2.31. The second-order valence-corrected chi connectivity index (χ2v) is 7.92. The Kier molecular flexibility index (Phi) is 5.21. The van der Waals surface area contributed by atoms with Crippen LogP contribution in [0.5, 0.6) is 0 Å². The van der Waals surface area contributed by atoms with Crippen molar-refractivity contribution in [1.29, 1.82) is 0 Å². The summed E-state index contributed by atoms with van der Waals surface area (Å²) in [5.74, 6) is -0.235. The minimum atomic E-state index is -0.235. The van der Waals surface area contributed by atoms with Crippen molar-refractivity contribution in [3.8, 4) is 9.88 Å². The van der Waals surface area contributed by atoms with Crippen LogP contribution in [0, 0.1) is 0 Å². The van der Waals surface area contributed by atoms with Crippen LogP contribution in [0.15, 0.2) is 41.1 Å². The number of para-hydroxylation sites is 1. The number of hydrogen-bond acceptors (Lipinski definition) is 6. The van der Waals surface area contributed by atoms with E-state index < -0.39 is 0 Å². The summed E-state index contributed by atoms with van der Waals surface area (Å²) in [6.45, 7) is 2.78. The Bertz CT molecular complexity index is 905. The van der Waals surface area contributed by atoms with Gasteiger partial charge in [-0.25, -0.2) is 4.98 Å². The van der Waals surface area contributed by atoms with Gasteiger partial charge in [-0.1, -0.05) is 23.7 Å². The van der Waals surface area contributed by atoms with Crippen molar-refractivity contribution < 1.29 is 9.53 Å². The van der Waals surface area contributed by atoms with Gasteiger partial charge in [-0.2, -0.15) is 0 Å². The molecular formula is C18H16ClN3O2S2. The number of hydrogen-bond donors (Lipinski definition) is 1. The molecule has 3 heterocycles. The average Bonchev–Trinajstić information content (AvgIpc) is 3.34. The number of thiazole rings is 1. The minimum absolute atomic E-state index is 0.235. The van der Waals surface area contributed by atoms with Gasteiger partial charge in [0.15, 0.2) is 0 Å². The summed E-state index contributed by atoms with van der Waals surface area (Å²) in [7, 11) is 0. The van der Waals surface area contributed by atoms with Crippen molar-refractivity contribution in [2.45, 2.75) is 0 Å². The SMILES string of the molecule is O=C(Nc1cccc(Cl)c1N1CCOCC1)c1csc(-c2cccs2)n1. The molecule has 4 rings (SSSR count). The van der Waals surface area contributed by atoms with Gasteiger partial charge in [0.2, 0.25) is 0 Å². The van der Waals surface area contributed by atoms with Gasteiger partial charge in [0.1, 0.15) is 10.7 Å². The quantitative estimate of drug-likeness (QED) is 0.688. The van der Waals surface area contributed by atoms with E-state index in [1.807, 2.05) is 35.7 Å². The number of ether oxygens (including phenoxy) is 1. The van der Waals surface area contributed by atoms with Crippen LogP contribution >= 0.6 is 34.3 Å². The van der Waals surface area contributed by atoms with Crippen molar-refractivity contribution in [3.63, 3.8) is 0 Å². The summed E-state index contributed by atoms with van der Waals surface area (Å²) >= 11 is 9.49. The highest BCUT2D eigenvalue weighted by atomic mass is 35.5. The molecule has 0 aliphatic carbocycles. The zero-order valence-electron chi connectivity index (χ0n) is 13.8. The maximum atomic E-state index is 12.7. The Morgan fingerprint density at radius 1 is 1.19 bits per heavy atom. The molecule has 5 nitrogen and oxygen atoms in total. The van der Waals surface area contributed by atoms with Gasteiger partial charge in [-0.05, 0) is 23.6 Å². The lowest BCUT2D eigenvalue weighted by atomic mass is 10.2. The van der Waals surface area contributed by atoms with Crippen LogP contribution in [0.25, 0.3) is 9.88 Å². The van der Waals surface area contributed by atoms with Gasteiger partial charge in [-0.3, -0.25) is 4.79 Å². The van der Waals surface area contributed by atoms with Crippen molar-refractivity contribution in [3.05, 3.63) is 51.8 Å². The predicted octanol–water partition coefficient (Wildman–Crippen LogP) is 4.61. The number of thiophene rings is 1.